The molecular weight excluding hydrogens is 243 g/mol. The van der Waals surface area contributed by atoms with Crippen molar-refractivity contribution in [1.82, 2.24) is 0 Å². The molecule has 0 amide bonds. The average Bonchev–Trinajstić information content (AvgIpc) is 2.93. The van der Waals surface area contributed by atoms with Crippen LogP contribution in [0.15, 0.2) is 67.3 Å². The van der Waals surface area contributed by atoms with E-state index < -0.39 is 0 Å². The number of aryl methyl sites for hydroxylation is 1. The van der Waals surface area contributed by atoms with Crippen LogP contribution in [0.4, 0.5) is 0 Å². The van der Waals surface area contributed by atoms with Crippen molar-refractivity contribution >= 4 is 12.4 Å². The van der Waals surface area contributed by atoms with Gasteiger partial charge in [0, 0.05) is 5.92 Å². The summed E-state index contributed by atoms with van der Waals surface area (Å²) in [5.41, 5.74) is 3.79. The van der Waals surface area contributed by atoms with Gasteiger partial charge in [0.2, 0.25) is 0 Å². The molecule has 1 fully saturated rings. The highest BCUT2D eigenvalue weighted by molar-refractivity contribution is 6.68. The number of benzene rings is 2. The van der Waals surface area contributed by atoms with E-state index in [0.29, 0.717) is 5.92 Å². The van der Waals surface area contributed by atoms with Crippen molar-refractivity contribution in [3.8, 4) is 0 Å². The van der Waals surface area contributed by atoms with E-state index in [1.165, 1.54) is 16.6 Å². The first-order chi connectivity index (χ1) is 9.78. The topological polar surface area (TPSA) is 9.23 Å². The van der Waals surface area contributed by atoms with Gasteiger partial charge in [0.15, 0.2) is 0 Å². The monoisotopic (exact) mass is 262 g/mol. The minimum Gasteiger partial charge on any atom is -0.423 e. The van der Waals surface area contributed by atoms with Crippen molar-refractivity contribution in [2.75, 3.05) is 0 Å². The van der Waals surface area contributed by atoms with Crippen molar-refractivity contribution < 1.29 is 4.65 Å². The van der Waals surface area contributed by atoms with E-state index >= 15 is 0 Å². The van der Waals surface area contributed by atoms with E-state index in [-0.39, 0.29) is 13.0 Å². The average molecular weight is 262 g/mol. The molecule has 2 aromatic carbocycles. The van der Waals surface area contributed by atoms with E-state index in [4.69, 9.17) is 4.65 Å². The molecule has 0 radical (unpaired) electrons. The molecule has 0 unspecified atom stereocenters. The Kier molecular flexibility index (Phi) is 3.75. The Balaban J connectivity index is 1.85. The summed E-state index contributed by atoms with van der Waals surface area (Å²) in [4.78, 5) is 0. The Hall–Kier alpha value is -1.80. The van der Waals surface area contributed by atoms with E-state index in [1.54, 1.807) is 0 Å². The first-order valence-corrected chi connectivity index (χ1v) is 7.17. The molecule has 0 bridgehead atoms. The van der Waals surface area contributed by atoms with Crippen molar-refractivity contribution in [3.63, 3.8) is 0 Å². The lowest BCUT2D eigenvalue weighted by molar-refractivity contribution is 0.210. The molecule has 100 valence electrons. The zero-order valence-electron chi connectivity index (χ0n) is 11.8. The summed E-state index contributed by atoms with van der Waals surface area (Å²) in [5, 5.41) is 0. The van der Waals surface area contributed by atoms with Crippen LogP contribution in [0.3, 0.4) is 0 Å². The van der Waals surface area contributed by atoms with Crippen molar-refractivity contribution in [3.05, 3.63) is 78.4 Å². The molecule has 2 aromatic rings. The highest BCUT2D eigenvalue weighted by Crippen LogP contribution is 2.37. The van der Waals surface area contributed by atoms with Gasteiger partial charge in [-0.3, -0.25) is 0 Å². The maximum atomic E-state index is 6.31. The molecule has 1 nitrogen and oxygen atoms in total. The van der Waals surface area contributed by atoms with Crippen LogP contribution in [0.2, 0.25) is 6.32 Å². The van der Waals surface area contributed by atoms with Crippen LogP contribution in [0.1, 0.15) is 17.2 Å². The zero-order chi connectivity index (χ0) is 13.9. The fraction of sp³-hybridized carbons (Fsp3) is 0.222. The fourth-order valence-electron chi connectivity index (χ4n) is 2.89. The van der Waals surface area contributed by atoms with Crippen molar-refractivity contribution in [2.45, 2.75) is 19.3 Å². The van der Waals surface area contributed by atoms with Gasteiger partial charge in [0.05, 0.1) is 6.10 Å². The third-order valence-corrected chi connectivity index (χ3v) is 4.07. The SMILES string of the molecule is C=C[C@@H]1CB(c2ccccc2)O[C@@H]1c1ccc(C)cc1. The van der Waals surface area contributed by atoms with Crippen molar-refractivity contribution in [2.24, 2.45) is 5.92 Å². The van der Waals surface area contributed by atoms with Gasteiger partial charge in [-0.2, -0.15) is 0 Å². The molecule has 0 aliphatic carbocycles. The highest BCUT2D eigenvalue weighted by Gasteiger charge is 2.37. The minimum atomic E-state index is 0.123. The Morgan fingerprint density at radius 3 is 2.45 bits per heavy atom. The molecule has 3 rings (SSSR count). The number of hydrogen-bond donors (Lipinski definition) is 0. The maximum Gasteiger partial charge on any atom is 0.328 e. The van der Waals surface area contributed by atoms with Gasteiger partial charge in [-0.05, 0) is 24.3 Å². The summed E-state index contributed by atoms with van der Waals surface area (Å²) >= 11 is 0. The van der Waals surface area contributed by atoms with E-state index in [0.717, 1.165) is 6.32 Å². The predicted molar refractivity (Wildman–Crippen MR) is 85.3 cm³/mol. The van der Waals surface area contributed by atoms with E-state index in [1.807, 2.05) is 12.1 Å². The Bertz CT molecular complexity index is 576. The van der Waals surface area contributed by atoms with Gasteiger partial charge < -0.3 is 4.65 Å². The zero-order valence-corrected chi connectivity index (χ0v) is 11.8. The van der Waals surface area contributed by atoms with E-state index in [2.05, 4.69) is 62.0 Å². The second kappa shape index (κ2) is 5.68. The second-order valence-electron chi connectivity index (χ2n) is 5.50. The Labute approximate surface area is 121 Å². The molecule has 2 atom stereocenters. The summed E-state index contributed by atoms with van der Waals surface area (Å²) in [6, 6.07) is 19.1. The van der Waals surface area contributed by atoms with Gasteiger partial charge >= 0.3 is 6.92 Å². The summed E-state index contributed by atoms with van der Waals surface area (Å²) in [6.07, 6.45) is 3.16. The van der Waals surface area contributed by atoms with E-state index in [9.17, 15) is 0 Å². The molecule has 1 heterocycles. The second-order valence-corrected chi connectivity index (χ2v) is 5.50. The molecule has 0 spiro atoms. The van der Waals surface area contributed by atoms with Crippen LogP contribution in [-0.2, 0) is 4.65 Å². The molecule has 0 N–H and O–H groups in total. The molecule has 20 heavy (non-hydrogen) atoms. The van der Waals surface area contributed by atoms with Crippen LogP contribution in [0, 0.1) is 12.8 Å². The lowest BCUT2D eigenvalue weighted by atomic mass is 9.57. The van der Waals surface area contributed by atoms with Gasteiger partial charge in [0.25, 0.3) is 0 Å². The lowest BCUT2D eigenvalue weighted by Gasteiger charge is -2.17. The molecule has 1 aliphatic rings. The smallest absolute Gasteiger partial charge is 0.328 e. The third-order valence-electron chi connectivity index (χ3n) is 4.07. The molecule has 1 aliphatic heterocycles. The van der Waals surface area contributed by atoms with Crippen LogP contribution in [0.25, 0.3) is 0 Å². The minimum absolute atomic E-state index is 0.123. The van der Waals surface area contributed by atoms with Crippen LogP contribution >= 0.6 is 0 Å². The Morgan fingerprint density at radius 1 is 1.10 bits per heavy atom. The van der Waals surface area contributed by atoms with Gasteiger partial charge in [0.1, 0.15) is 0 Å². The van der Waals surface area contributed by atoms with Gasteiger partial charge in [-0.1, -0.05) is 66.2 Å². The number of hydrogen-bond acceptors (Lipinski definition) is 1. The summed E-state index contributed by atoms with van der Waals surface area (Å²) < 4.78 is 6.31. The highest BCUT2D eigenvalue weighted by atomic mass is 16.5. The molecule has 2 heteroatoms. The van der Waals surface area contributed by atoms with Crippen LogP contribution < -0.4 is 5.46 Å². The summed E-state index contributed by atoms with van der Waals surface area (Å²) in [5.74, 6) is 0.378. The third kappa shape index (κ3) is 2.57. The normalized spacial score (nSPS) is 21.9. The van der Waals surface area contributed by atoms with Crippen LogP contribution in [0.5, 0.6) is 0 Å². The standard InChI is InChI=1S/C18H19BO/c1-3-15-13-19(17-7-5-4-6-8-17)20-18(15)16-11-9-14(2)10-12-16/h3-12,15,18H,1,13H2,2H3/t15-,18+/m1/s1. The molecule has 1 saturated heterocycles. The lowest BCUT2D eigenvalue weighted by Crippen LogP contribution is -2.29. The molecule has 0 saturated carbocycles. The molecule has 0 aromatic heterocycles. The first-order valence-electron chi connectivity index (χ1n) is 7.17. The largest absolute Gasteiger partial charge is 0.423 e. The maximum absolute atomic E-state index is 6.31. The van der Waals surface area contributed by atoms with Crippen molar-refractivity contribution in [1.29, 1.82) is 0 Å². The Morgan fingerprint density at radius 2 is 1.80 bits per heavy atom. The fourth-order valence-corrected chi connectivity index (χ4v) is 2.89. The number of rotatable bonds is 3. The van der Waals surface area contributed by atoms with Gasteiger partial charge in [-0.25, -0.2) is 0 Å². The molecular formula is C18H19BO. The summed E-state index contributed by atoms with van der Waals surface area (Å²) in [7, 11) is 0. The first kappa shape index (κ1) is 13.2. The predicted octanol–water partition coefficient (Wildman–Crippen LogP) is 3.77. The quantitative estimate of drug-likeness (QED) is 0.604. The summed E-state index contributed by atoms with van der Waals surface area (Å²) in [6.45, 7) is 6.26. The van der Waals surface area contributed by atoms with Crippen LogP contribution in [-0.4, -0.2) is 6.92 Å². The van der Waals surface area contributed by atoms with Gasteiger partial charge in [-0.15, -0.1) is 6.58 Å².